The first-order valence-corrected chi connectivity index (χ1v) is 10.5. The lowest BCUT2D eigenvalue weighted by Crippen LogP contribution is -2.39. The van der Waals surface area contributed by atoms with Crippen LogP contribution in [-0.4, -0.2) is 35.3 Å². The molecule has 1 spiro atoms. The van der Waals surface area contributed by atoms with Crippen molar-refractivity contribution in [2.24, 2.45) is 0 Å². The van der Waals surface area contributed by atoms with E-state index < -0.39 is 11.6 Å². The van der Waals surface area contributed by atoms with E-state index in [-0.39, 0.29) is 17.7 Å². The van der Waals surface area contributed by atoms with Crippen LogP contribution in [0.2, 0.25) is 0 Å². The quantitative estimate of drug-likeness (QED) is 0.595. The van der Waals surface area contributed by atoms with Crippen molar-refractivity contribution in [2.45, 2.75) is 30.5 Å². The molecule has 5 nitrogen and oxygen atoms in total. The number of ketones is 1. The first kappa shape index (κ1) is 19.5. The van der Waals surface area contributed by atoms with Gasteiger partial charge in [-0.1, -0.05) is 78.9 Å². The predicted molar refractivity (Wildman–Crippen MR) is 118 cm³/mol. The van der Waals surface area contributed by atoms with E-state index in [1.165, 1.54) is 0 Å². The van der Waals surface area contributed by atoms with E-state index in [0.29, 0.717) is 18.4 Å². The molecular formula is C26H24N2O3. The minimum atomic E-state index is -1.06. The number of para-hydroxylation sites is 1. The lowest BCUT2D eigenvalue weighted by Gasteiger charge is -2.25. The molecule has 5 rings (SSSR count). The van der Waals surface area contributed by atoms with Crippen molar-refractivity contribution in [1.29, 1.82) is 0 Å². The Kier molecular flexibility index (Phi) is 4.83. The Morgan fingerprint density at radius 2 is 1.45 bits per heavy atom. The van der Waals surface area contributed by atoms with E-state index in [4.69, 9.17) is 4.84 Å². The fourth-order valence-corrected chi connectivity index (χ4v) is 4.75. The Labute approximate surface area is 181 Å². The monoisotopic (exact) mass is 412 g/mol. The van der Waals surface area contributed by atoms with Crippen LogP contribution in [0.1, 0.15) is 34.8 Å². The van der Waals surface area contributed by atoms with E-state index in [1.807, 2.05) is 98.0 Å². The van der Waals surface area contributed by atoms with Crippen LogP contribution >= 0.6 is 0 Å². The Bertz CT molecular complexity index is 1090. The number of hydrogen-bond acceptors (Lipinski definition) is 4. The van der Waals surface area contributed by atoms with Gasteiger partial charge in [0.25, 0.3) is 5.91 Å². The lowest BCUT2D eigenvalue weighted by atomic mass is 9.88. The number of carbonyl (C=O) groups excluding carboxylic acids is 2. The summed E-state index contributed by atoms with van der Waals surface area (Å²) in [5, 5.41) is 1.65. The van der Waals surface area contributed by atoms with Gasteiger partial charge in [0.1, 0.15) is 6.04 Å². The Balaban J connectivity index is 1.52. The Morgan fingerprint density at radius 1 is 0.871 bits per heavy atom. The van der Waals surface area contributed by atoms with E-state index in [0.717, 1.165) is 11.3 Å². The topological polar surface area (TPSA) is 49.9 Å². The third-order valence-electron chi connectivity index (χ3n) is 6.34. The number of rotatable bonds is 4. The summed E-state index contributed by atoms with van der Waals surface area (Å²) in [6.45, 7) is 0. The highest BCUT2D eigenvalue weighted by molar-refractivity contribution is 6.03. The zero-order valence-electron chi connectivity index (χ0n) is 17.3. The molecule has 2 heterocycles. The number of amides is 1. The molecule has 0 N–H and O–H groups in total. The van der Waals surface area contributed by atoms with Gasteiger partial charge in [-0.3, -0.25) is 14.4 Å². The lowest BCUT2D eigenvalue weighted by molar-refractivity contribution is -0.144. The number of hydrogen-bond donors (Lipinski definition) is 0. The van der Waals surface area contributed by atoms with Gasteiger partial charge >= 0.3 is 0 Å². The van der Waals surface area contributed by atoms with Crippen LogP contribution in [0.15, 0.2) is 91.0 Å². The Hall–Kier alpha value is -3.44. The van der Waals surface area contributed by atoms with Gasteiger partial charge in [-0.25, -0.2) is 5.06 Å². The number of likely N-dealkylation sites (N-methyl/N-ethyl adjacent to an activating group) is 1. The summed E-state index contributed by atoms with van der Waals surface area (Å²) in [5.74, 6) is -0.120. The Morgan fingerprint density at radius 3 is 2.10 bits per heavy atom. The molecule has 3 atom stereocenters. The molecule has 2 fully saturated rings. The van der Waals surface area contributed by atoms with Gasteiger partial charge < -0.3 is 4.90 Å². The molecule has 0 aliphatic carbocycles. The molecule has 2 aliphatic heterocycles. The van der Waals surface area contributed by atoms with Crippen molar-refractivity contribution in [3.8, 4) is 0 Å². The summed E-state index contributed by atoms with van der Waals surface area (Å²) in [5.41, 5.74) is 1.41. The van der Waals surface area contributed by atoms with Gasteiger partial charge in [0.05, 0.1) is 11.7 Å². The van der Waals surface area contributed by atoms with Crippen molar-refractivity contribution in [2.75, 3.05) is 12.1 Å². The van der Waals surface area contributed by atoms with Crippen LogP contribution in [0, 0.1) is 0 Å². The van der Waals surface area contributed by atoms with Crippen molar-refractivity contribution < 1.29 is 14.4 Å². The fraction of sp³-hybridized carbons (Fsp3) is 0.231. The second-order valence-electron chi connectivity index (χ2n) is 8.24. The summed E-state index contributed by atoms with van der Waals surface area (Å²) in [7, 11) is 1.82. The molecule has 3 aromatic rings. The number of likely N-dealkylation sites (tertiary alicyclic amines) is 1. The fourth-order valence-electron chi connectivity index (χ4n) is 4.75. The smallest absolute Gasteiger partial charge is 0.258 e. The highest BCUT2D eigenvalue weighted by Gasteiger charge is 2.60. The van der Waals surface area contributed by atoms with Crippen LogP contribution in [0.25, 0.3) is 0 Å². The zero-order valence-corrected chi connectivity index (χ0v) is 17.3. The average molecular weight is 412 g/mol. The highest BCUT2D eigenvalue weighted by Crippen LogP contribution is 2.48. The third-order valence-corrected chi connectivity index (χ3v) is 6.34. The standard InChI is InChI=1S/C26H24N2O3/c1-27-22(19-11-5-2-6-12-19)17-26(25(27)30)18-23(24(29)20-13-7-3-8-14-20)28(31-26)21-15-9-4-10-16-21/h2-16,22-23H,17-18H2,1H3/t22-,23-,26-/m0/s1. The molecule has 0 unspecified atom stereocenters. The van der Waals surface area contributed by atoms with Gasteiger partial charge in [0, 0.05) is 25.5 Å². The molecule has 0 saturated carbocycles. The number of nitrogens with zero attached hydrogens (tertiary/aromatic N) is 2. The summed E-state index contributed by atoms with van der Waals surface area (Å²) in [6.07, 6.45) is 0.830. The maximum absolute atomic E-state index is 13.5. The zero-order chi connectivity index (χ0) is 21.4. The maximum Gasteiger partial charge on any atom is 0.258 e. The average Bonchev–Trinajstić information content (AvgIpc) is 3.34. The van der Waals surface area contributed by atoms with Crippen molar-refractivity contribution in [1.82, 2.24) is 4.90 Å². The SMILES string of the molecule is CN1C(=O)[C@]2(C[C@H]1c1ccccc1)C[C@@H](C(=O)c1ccccc1)N(c1ccccc1)O2. The van der Waals surface area contributed by atoms with Crippen LogP contribution in [0.3, 0.4) is 0 Å². The number of Topliss-reactive ketones (excluding diaryl/α,β-unsaturated/α-hetero) is 1. The summed E-state index contributed by atoms with van der Waals surface area (Å²) >= 11 is 0. The van der Waals surface area contributed by atoms with Gasteiger partial charge in [0.2, 0.25) is 0 Å². The first-order valence-electron chi connectivity index (χ1n) is 10.5. The normalized spacial score (nSPS) is 25.4. The van der Waals surface area contributed by atoms with E-state index in [1.54, 1.807) is 9.96 Å². The molecule has 0 aromatic heterocycles. The maximum atomic E-state index is 13.5. The van der Waals surface area contributed by atoms with Gasteiger partial charge in [-0.2, -0.15) is 0 Å². The van der Waals surface area contributed by atoms with Gasteiger partial charge in [-0.15, -0.1) is 0 Å². The third kappa shape index (κ3) is 3.31. The number of carbonyl (C=O) groups is 2. The van der Waals surface area contributed by atoms with E-state index in [2.05, 4.69) is 0 Å². The molecule has 2 aliphatic rings. The second-order valence-corrected chi connectivity index (χ2v) is 8.24. The molecule has 5 heteroatoms. The van der Waals surface area contributed by atoms with Gasteiger partial charge in [0.15, 0.2) is 11.4 Å². The largest absolute Gasteiger partial charge is 0.336 e. The molecule has 31 heavy (non-hydrogen) atoms. The second kappa shape index (κ2) is 7.67. The summed E-state index contributed by atoms with van der Waals surface area (Å²) < 4.78 is 0. The predicted octanol–water partition coefficient (Wildman–Crippen LogP) is 4.42. The molecule has 156 valence electrons. The van der Waals surface area contributed by atoms with Crippen molar-refractivity contribution in [3.05, 3.63) is 102 Å². The van der Waals surface area contributed by atoms with Crippen molar-refractivity contribution >= 4 is 17.4 Å². The minimum Gasteiger partial charge on any atom is -0.336 e. The molecule has 1 amide bonds. The van der Waals surface area contributed by atoms with Gasteiger partial charge in [-0.05, 0) is 17.7 Å². The van der Waals surface area contributed by atoms with Crippen LogP contribution in [0.4, 0.5) is 5.69 Å². The number of hydroxylamine groups is 1. The number of anilines is 1. The van der Waals surface area contributed by atoms with E-state index in [9.17, 15) is 9.59 Å². The van der Waals surface area contributed by atoms with Crippen LogP contribution in [0.5, 0.6) is 0 Å². The minimum absolute atomic E-state index is 0.0417. The molecule has 2 saturated heterocycles. The molecule has 0 bridgehead atoms. The number of benzene rings is 3. The van der Waals surface area contributed by atoms with Crippen molar-refractivity contribution in [3.63, 3.8) is 0 Å². The van der Waals surface area contributed by atoms with E-state index >= 15 is 0 Å². The molecular weight excluding hydrogens is 388 g/mol. The first-order chi connectivity index (χ1) is 15.1. The van der Waals surface area contributed by atoms with Crippen LogP contribution in [-0.2, 0) is 9.63 Å². The molecule has 3 aromatic carbocycles. The van der Waals surface area contributed by atoms with Crippen LogP contribution < -0.4 is 5.06 Å². The summed E-state index contributed by atoms with van der Waals surface area (Å²) in [6, 6.07) is 28.1. The molecule has 0 radical (unpaired) electrons. The highest BCUT2D eigenvalue weighted by atomic mass is 16.7. The summed E-state index contributed by atoms with van der Waals surface area (Å²) in [4.78, 5) is 35.1.